The molecule has 7 nitrogen and oxygen atoms in total. The predicted octanol–water partition coefficient (Wildman–Crippen LogP) is 2.81. The second-order valence-corrected chi connectivity index (χ2v) is 7.66. The Bertz CT molecular complexity index is 912. The Kier molecular flexibility index (Phi) is 4.50. The van der Waals surface area contributed by atoms with Gasteiger partial charge < -0.3 is 18.9 Å². The van der Waals surface area contributed by atoms with Crippen molar-refractivity contribution in [2.45, 2.75) is 17.7 Å². The largest absolute Gasteiger partial charge is 0.490 e. The molecule has 0 atom stereocenters. The van der Waals surface area contributed by atoms with E-state index in [-0.39, 0.29) is 4.90 Å². The molecule has 0 fully saturated rings. The van der Waals surface area contributed by atoms with E-state index in [0.29, 0.717) is 55.1 Å². The van der Waals surface area contributed by atoms with Crippen molar-refractivity contribution in [3.63, 3.8) is 0 Å². The van der Waals surface area contributed by atoms with E-state index in [1.807, 2.05) is 0 Å². The highest BCUT2D eigenvalue weighted by Crippen LogP contribution is 2.35. The summed E-state index contributed by atoms with van der Waals surface area (Å²) in [6.45, 7) is 2.15. The van der Waals surface area contributed by atoms with Crippen LogP contribution in [0.1, 0.15) is 12.8 Å². The molecule has 0 saturated heterocycles. The van der Waals surface area contributed by atoms with Gasteiger partial charge in [0, 0.05) is 25.0 Å². The minimum absolute atomic E-state index is 0.105. The quantitative estimate of drug-likeness (QED) is 0.886. The first kappa shape index (κ1) is 16.8. The lowest BCUT2D eigenvalue weighted by atomic mass is 10.3. The van der Waals surface area contributed by atoms with Crippen molar-refractivity contribution in [1.29, 1.82) is 0 Å². The number of fused-ring (bicyclic) bond motifs is 2. The van der Waals surface area contributed by atoms with Crippen LogP contribution < -0.4 is 23.7 Å². The number of rotatable bonds is 3. The molecule has 26 heavy (non-hydrogen) atoms. The third-order valence-corrected chi connectivity index (χ3v) is 5.41. The Hall–Kier alpha value is -2.61. The molecule has 0 unspecified atom stereocenters. The molecule has 0 aromatic heterocycles. The number of benzene rings is 2. The fraction of sp³-hybridized carbons (Fsp3) is 0.333. The first-order chi connectivity index (χ1) is 12.6. The smallest absolute Gasteiger partial charge is 0.262 e. The van der Waals surface area contributed by atoms with E-state index in [4.69, 9.17) is 18.9 Å². The second kappa shape index (κ2) is 6.95. The van der Waals surface area contributed by atoms with Crippen LogP contribution in [0.2, 0.25) is 0 Å². The van der Waals surface area contributed by atoms with Gasteiger partial charge in [0.15, 0.2) is 23.0 Å². The third-order valence-electron chi connectivity index (χ3n) is 4.03. The minimum Gasteiger partial charge on any atom is -0.490 e. The first-order valence-corrected chi connectivity index (χ1v) is 9.92. The molecule has 1 N–H and O–H groups in total. The molecule has 0 aliphatic carbocycles. The average molecular weight is 377 g/mol. The molecular weight excluding hydrogens is 358 g/mol. The lowest BCUT2D eigenvalue weighted by molar-refractivity contribution is 0.296. The Balaban J connectivity index is 1.59. The highest BCUT2D eigenvalue weighted by atomic mass is 32.2. The van der Waals surface area contributed by atoms with Crippen LogP contribution in [0.4, 0.5) is 5.69 Å². The molecule has 2 aromatic rings. The van der Waals surface area contributed by atoms with Crippen molar-refractivity contribution in [1.82, 2.24) is 0 Å². The molecular formula is C18H19NO6S. The van der Waals surface area contributed by atoms with E-state index in [1.165, 1.54) is 12.1 Å². The number of nitrogens with one attached hydrogen (secondary N) is 1. The molecule has 138 valence electrons. The van der Waals surface area contributed by atoms with Gasteiger partial charge in [-0.3, -0.25) is 4.72 Å². The monoisotopic (exact) mass is 377 g/mol. The number of sulfonamides is 1. The second-order valence-electron chi connectivity index (χ2n) is 5.98. The zero-order valence-electron chi connectivity index (χ0n) is 14.1. The standard InChI is InChI=1S/C18H19NO6S/c20-26(21,14-4-6-16-18(12-14)25-10-2-8-23-16)19-13-3-5-15-17(11-13)24-9-1-7-22-15/h3-6,11-12,19H,1-2,7-10H2. The van der Waals surface area contributed by atoms with Gasteiger partial charge in [0.05, 0.1) is 37.0 Å². The Morgan fingerprint density at radius 3 is 1.88 bits per heavy atom. The fourth-order valence-electron chi connectivity index (χ4n) is 2.75. The topological polar surface area (TPSA) is 83.1 Å². The lowest BCUT2D eigenvalue weighted by Gasteiger charge is -2.13. The summed E-state index contributed by atoms with van der Waals surface area (Å²) in [6.07, 6.45) is 1.54. The van der Waals surface area contributed by atoms with Gasteiger partial charge in [-0.25, -0.2) is 8.42 Å². The molecule has 0 bridgehead atoms. The van der Waals surface area contributed by atoms with Gasteiger partial charge in [0.25, 0.3) is 10.0 Å². The van der Waals surface area contributed by atoms with Crippen LogP contribution in [-0.2, 0) is 10.0 Å². The van der Waals surface area contributed by atoms with Crippen molar-refractivity contribution in [2.75, 3.05) is 31.1 Å². The molecule has 2 aliphatic rings. The maximum Gasteiger partial charge on any atom is 0.262 e. The van der Waals surface area contributed by atoms with Crippen LogP contribution in [0.5, 0.6) is 23.0 Å². The Morgan fingerprint density at radius 1 is 0.692 bits per heavy atom. The maximum atomic E-state index is 12.7. The number of hydrogen-bond donors (Lipinski definition) is 1. The van der Waals surface area contributed by atoms with Crippen molar-refractivity contribution < 1.29 is 27.4 Å². The SMILES string of the molecule is O=S(=O)(Nc1ccc2c(c1)OCCCO2)c1ccc2c(c1)OCCCO2. The van der Waals surface area contributed by atoms with Crippen LogP contribution in [0.3, 0.4) is 0 Å². The van der Waals surface area contributed by atoms with Gasteiger partial charge in [-0.15, -0.1) is 0 Å². The van der Waals surface area contributed by atoms with Crippen LogP contribution in [0.25, 0.3) is 0 Å². The Labute approximate surface area is 151 Å². The van der Waals surface area contributed by atoms with Gasteiger partial charge in [0.2, 0.25) is 0 Å². The zero-order chi connectivity index (χ0) is 18.0. The number of hydrogen-bond acceptors (Lipinski definition) is 6. The number of anilines is 1. The maximum absolute atomic E-state index is 12.7. The summed E-state index contributed by atoms with van der Waals surface area (Å²) in [6, 6.07) is 9.57. The van der Waals surface area contributed by atoms with Gasteiger partial charge in [-0.2, -0.15) is 0 Å². The molecule has 2 aromatic carbocycles. The minimum atomic E-state index is -3.78. The molecule has 0 saturated carbocycles. The zero-order valence-corrected chi connectivity index (χ0v) is 14.9. The normalized spacial score (nSPS) is 16.3. The van der Waals surface area contributed by atoms with Crippen molar-refractivity contribution >= 4 is 15.7 Å². The highest BCUT2D eigenvalue weighted by molar-refractivity contribution is 7.92. The van der Waals surface area contributed by atoms with E-state index in [2.05, 4.69) is 4.72 Å². The lowest BCUT2D eigenvalue weighted by Crippen LogP contribution is -2.13. The van der Waals surface area contributed by atoms with E-state index in [0.717, 1.165) is 12.8 Å². The van der Waals surface area contributed by atoms with E-state index < -0.39 is 10.0 Å². The molecule has 0 radical (unpaired) electrons. The van der Waals surface area contributed by atoms with Crippen molar-refractivity contribution in [3.8, 4) is 23.0 Å². The average Bonchev–Trinajstić information content (AvgIpc) is 3.00. The third kappa shape index (κ3) is 3.50. The molecule has 2 heterocycles. The van der Waals surface area contributed by atoms with Gasteiger partial charge in [0.1, 0.15) is 0 Å². The number of ether oxygens (including phenoxy) is 4. The van der Waals surface area contributed by atoms with Crippen LogP contribution in [0.15, 0.2) is 41.3 Å². The molecule has 0 amide bonds. The van der Waals surface area contributed by atoms with Gasteiger partial charge in [-0.1, -0.05) is 0 Å². The summed E-state index contributed by atoms with van der Waals surface area (Å²) in [5.74, 6) is 2.13. The summed E-state index contributed by atoms with van der Waals surface area (Å²) in [4.78, 5) is 0.105. The highest BCUT2D eigenvalue weighted by Gasteiger charge is 2.20. The van der Waals surface area contributed by atoms with E-state index >= 15 is 0 Å². The van der Waals surface area contributed by atoms with Crippen molar-refractivity contribution in [2.24, 2.45) is 0 Å². The molecule has 2 aliphatic heterocycles. The van der Waals surface area contributed by atoms with Crippen molar-refractivity contribution in [3.05, 3.63) is 36.4 Å². The predicted molar refractivity (Wildman–Crippen MR) is 94.9 cm³/mol. The van der Waals surface area contributed by atoms with Crippen LogP contribution in [0, 0.1) is 0 Å². The van der Waals surface area contributed by atoms with Crippen LogP contribution >= 0.6 is 0 Å². The van der Waals surface area contributed by atoms with E-state index in [9.17, 15) is 8.42 Å². The molecule has 0 spiro atoms. The molecule has 4 rings (SSSR count). The fourth-order valence-corrected chi connectivity index (χ4v) is 3.82. The summed E-state index contributed by atoms with van der Waals surface area (Å²) >= 11 is 0. The first-order valence-electron chi connectivity index (χ1n) is 8.44. The summed E-state index contributed by atoms with van der Waals surface area (Å²) in [5.41, 5.74) is 0.404. The van der Waals surface area contributed by atoms with Crippen LogP contribution in [-0.4, -0.2) is 34.8 Å². The summed E-state index contributed by atoms with van der Waals surface area (Å²) in [5, 5.41) is 0. The Morgan fingerprint density at radius 2 is 1.23 bits per heavy atom. The van der Waals surface area contributed by atoms with Gasteiger partial charge >= 0.3 is 0 Å². The van der Waals surface area contributed by atoms with Gasteiger partial charge in [-0.05, 0) is 24.3 Å². The molecule has 8 heteroatoms. The summed E-state index contributed by atoms with van der Waals surface area (Å²) in [7, 11) is -3.78. The summed E-state index contributed by atoms with van der Waals surface area (Å²) < 4.78 is 50.3. The van der Waals surface area contributed by atoms with E-state index in [1.54, 1.807) is 24.3 Å².